The maximum atomic E-state index is 13.5. The molecule has 0 N–H and O–H groups in total. The average molecular weight is 295 g/mol. The van der Waals surface area contributed by atoms with Crippen molar-refractivity contribution in [1.29, 1.82) is 0 Å². The highest BCUT2D eigenvalue weighted by molar-refractivity contribution is 6.36. The lowest BCUT2D eigenvalue weighted by molar-refractivity contribution is 0.629. The Kier molecular flexibility index (Phi) is 2.96. The first-order valence-corrected chi connectivity index (χ1v) is 6.40. The summed E-state index contributed by atoms with van der Waals surface area (Å²) in [5.41, 5.74) is 3.05. The second kappa shape index (κ2) is 4.51. The molecule has 0 unspecified atom stereocenters. The molecular formula is C14H9Cl2FN2. The molecule has 0 saturated carbocycles. The first-order chi connectivity index (χ1) is 9.04. The molecule has 0 amide bonds. The Labute approximate surface area is 119 Å². The highest BCUT2D eigenvalue weighted by Crippen LogP contribution is 2.31. The Balaban J connectivity index is 2.21. The zero-order valence-electron chi connectivity index (χ0n) is 9.99. The van der Waals surface area contributed by atoms with Crippen molar-refractivity contribution in [3.8, 4) is 11.3 Å². The van der Waals surface area contributed by atoms with E-state index in [2.05, 4.69) is 4.98 Å². The third-order valence-electron chi connectivity index (χ3n) is 2.88. The molecule has 0 aliphatic heterocycles. The predicted octanol–water partition coefficient (Wildman–Crippen LogP) is 4.76. The van der Waals surface area contributed by atoms with Gasteiger partial charge in [-0.25, -0.2) is 9.37 Å². The number of hydrogen-bond donors (Lipinski definition) is 0. The molecule has 2 aromatic heterocycles. The molecule has 0 spiro atoms. The first-order valence-electron chi connectivity index (χ1n) is 5.65. The van der Waals surface area contributed by atoms with Crippen LogP contribution in [-0.4, -0.2) is 9.38 Å². The van der Waals surface area contributed by atoms with Crippen LogP contribution in [0.1, 0.15) is 5.56 Å². The van der Waals surface area contributed by atoms with E-state index in [1.54, 1.807) is 0 Å². The number of pyridine rings is 1. The van der Waals surface area contributed by atoms with Crippen LogP contribution in [0.5, 0.6) is 0 Å². The van der Waals surface area contributed by atoms with E-state index in [0.717, 1.165) is 11.2 Å². The average Bonchev–Trinajstić information content (AvgIpc) is 2.76. The lowest BCUT2D eigenvalue weighted by atomic mass is 10.1. The monoisotopic (exact) mass is 294 g/mol. The Morgan fingerprint density at radius 2 is 1.89 bits per heavy atom. The number of fused-ring (bicyclic) bond motifs is 1. The van der Waals surface area contributed by atoms with Gasteiger partial charge in [0.15, 0.2) is 0 Å². The molecule has 0 saturated heterocycles. The molecule has 3 aromatic rings. The van der Waals surface area contributed by atoms with E-state index >= 15 is 0 Å². The molecule has 0 bridgehead atoms. The molecule has 1 aromatic carbocycles. The molecular weight excluding hydrogens is 286 g/mol. The summed E-state index contributed by atoms with van der Waals surface area (Å²) in [4.78, 5) is 4.42. The van der Waals surface area contributed by atoms with Crippen molar-refractivity contribution in [1.82, 2.24) is 9.38 Å². The van der Waals surface area contributed by atoms with Gasteiger partial charge >= 0.3 is 0 Å². The second-order valence-electron chi connectivity index (χ2n) is 4.34. The highest BCUT2D eigenvalue weighted by atomic mass is 35.5. The van der Waals surface area contributed by atoms with Gasteiger partial charge in [-0.1, -0.05) is 29.3 Å². The van der Waals surface area contributed by atoms with Gasteiger partial charge in [0.1, 0.15) is 11.5 Å². The fourth-order valence-electron chi connectivity index (χ4n) is 1.95. The molecule has 0 aliphatic rings. The maximum Gasteiger partial charge on any atom is 0.142 e. The van der Waals surface area contributed by atoms with Crippen LogP contribution in [-0.2, 0) is 0 Å². The van der Waals surface area contributed by atoms with Gasteiger partial charge in [0.25, 0.3) is 0 Å². The topological polar surface area (TPSA) is 17.3 Å². The van der Waals surface area contributed by atoms with Crippen LogP contribution in [0.15, 0.2) is 36.7 Å². The summed E-state index contributed by atoms with van der Waals surface area (Å²) in [7, 11) is 0. The fourth-order valence-corrected chi connectivity index (χ4v) is 2.43. The van der Waals surface area contributed by atoms with Crippen molar-refractivity contribution in [3.05, 3.63) is 58.1 Å². The summed E-state index contributed by atoms with van der Waals surface area (Å²) < 4.78 is 15.4. The molecule has 0 atom stereocenters. The molecule has 2 nitrogen and oxygen atoms in total. The van der Waals surface area contributed by atoms with Crippen molar-refractivity contribution in [2.24, 2.45) is 0 Å². The van der Waals surface area contributed by atoms with Crippen LogP contribution in [0.4, 0.5) is 4.39 Å². The highest BCUT2D eigenvalue weighted by Gasteiger charge is 2.12. The van der Waals surface area contributed by atoms with Crippen LogP contribution in [0.2, 0.25) is 10.0 Å². The SMILES string of the molecule is Cc1ccc2nc(-c3cc(F)c(Cl)cc3Cl)cn2c1. The van der Waals surface area contributed by atoms with E-state index in [1.165, 1.54) is 12.1 Å². The van der Waals surface area contributed by atoms with Crippen LogP contribution >= 0.6 is 23.2 Å². The smallest absolute Gasteiger partial charge is 0.142 e. The molecule has 2 heterocycles. The first kappa shape index (κ1) is 12.5. The third kappa shape index (κ3) is 2.20. The van der Waals surface area contributed by atoms with Crippen LogP contribution in [0.25, 0.3) is 16.9 Å². The Morgan fingerprint density at radius 1 is 1.11 bits per heavy atom. The van der Waals surface area contributed by atoms with E-state index < -0.39 is 5.82 Å². The minimum Gasteiger partial charge on any atom is -0.306 e. The number of rotatable bonds is 1. The van der Waals surface area contributed by atoms with Crippen molar-refractivity contribution in [2.45, 2.75) is 6.92 Å². The lowest BCUT2D eigenvalue weighted by Crippen LogP contribution is -1.84. The Hall–Kier alpha value is -1.58. The standard InChI is InChI=1S/C14H9Cl2FN2/c1-8-2-3-14-18-13(7-19(14)6-8)9-4-12(17)11(16)5-10(9)15/h2-7H,1H3. The van der Waals surface area contributed by atoms with Gasteiger partial charge in [0, 0.05) is 18.0 Å². The van der Waals surface area contributed by atoms with E-state index in [1.807, 2.05) is 35.9 Å². The minimum absolute atomic E-state index is 0.00774. The maximum absolute atomic E-state index is 13.5. The number of hydrogen-bond acceptors (Lipinski definition) is 1. The van der Waals surface area contributed by atoms with E-state index in [9.17, 15) is 4.39 Å². The molecule has 19 heavy (non-hydrogen) atoms. The van der Waals surface area contributed by atoms with Crippen molar-refractivity contribution < 1.29 is 4.39 Å². The summed E-state index contributed by atoms with van der Waals surface area (Å²) in [6, 6.07) is 6.57. The number of halogens is 3. The zero-order valence-corrected chi connectivity index (χ0v) is 11.5. The number of nitrogens with zero attached hydrogens (tertiary/aromatic N) is 2. The van der Waals surface area contributed by atoms with Gasteiger partial charge in [-0.05, 0) is 30.7 Å². The van der Waals surface area contributed by atoms with Gasteiger partial charge in [0.2, 0.25) is 0 Å². The summed E-state index contributed by atoms with van der Waals surface area (Å²) in [5, 5.41) is 0.389. The largest absolute Gasteiger partial charge is 0.306 e. The van der Waals surface area contributed by atoms with Crippen LogP contribution < -0.4 is 0 Å². The van der Waals surface area contributed by atoms with Gasteiger partial charge in [-0.2, -0.15) is 0 Å². The minimum atomic E-state index is -0.505. The van der Waals surface area contributed by atoms with Crippen molar-refractivity contribution in [2.75, 3.05) is 0 Å². The fraction of sp³-hybridized carbons (Fsp3) is 0.0714. The summed E-state index contributed by atoms with van der Waals surface area (Å²) in [6.07, 6.45) is 3.77. The third-order valence-corrected chi connectivity index (χ3v) is 3.49. The van der Waals surface area contributed by atoms with E-state index in [4.69, 9.17) is 23.2 Å². The summed E-state index contributed by atoms with van der Waals surface area (Å²) >= 11 is 11.8. The Bertz CT molecular complexity index is 780. The van der Waals surface area contributed by atoms with E-state index in [0.29, 0.717) is 16.3 Å². The Morgan fingerprint density at radius 3 is 2.68 bits per heavy atom. The van der Waals surface area contributed by atoms with Gasteiger partial charge in [0.05, 0.1) is 15.7 Å². The van der Waals surface area contributed by atoms with Gasteiger partial charge < -0.3 is 4.40 Å². The van der Waals surface area contributed by atoms with E-state index in [-0.39, 0.29) is 5.02 Å². The number of aryl methyl sites for hydroxylation is 1. The number of benzene rings is 1. The normalized spacial score (nSPS) is 11.2. The van der Waals surface area contributed by atoms with Crippen molar-refractivity contribution >= 4 is 28.8 Å². The zero-order chi connectivity index (χ0) is 13.6. The quantitative estimate of drug-likeness (QED) is 0.592. The van der Waals surface area contributed by atoms with Crippen LogP contribution in [0, 0.1) is 12.7 Å². The van der Waals surface area contributed by atoms with Crippen LogP contribution in [0.3, 0.4) is 0 Å². The molecule has 96 valence electrons. The lowest BCUT2D eigenvalue weighted by Gasteiger charge is -2.02. The number of aromatic nitrogens is 2. The molecule has 5 heteroatoms. The molecule has 0 radical (unpaired) electrons. The van der Waals surface area contributed by atoms with Gasteiger partial charge in [-0.15, -0.1) is 0 Å². The van der Waals surface area contributed by atoms with Crippen molar-refractivity contribution in [3.63, 3.8) is 0 Å². The van der Waals surface area contributed by atoms with Gasteiger partial charge in [-0.3, -0.25) is 0 Å². The number of imidazole rings is 1. The molecule has 0 aliphatic carbocycles. The molecule has 0 fully saturated rings. The summed E-state index contributed by atoms with van der Waals surface area (Å²) in [5.74, 6) is -0.505. The predicted molar refractivity (Wildman–Crippen MR) is 75.3 cm³/mol. The second-order valence-corrected chi connectivity index (χ2v) is 5.16. The summed E-state index contributed by atoms with van der Waals surface area (Å²) in [6.45, 7) is 1.99. The molecule has 3 rings (SSSR count).